The summed E-state index contributed by atoms with van der Waals surface area (Å²) in [5.74, 6) is -1.68. The fraction of sp³-hybridized carbons (Fsp3) is 0.167. The van der Waals surface area contributed by atoms with E-state index < -0.39 is 17.9 Å². The lowest BCUT2D eigenvalue weighted by atomic mass is 10.1. The number of aliphatic carboxylic acids is 1. The number of nitrogens with one attached hydrogen (secondary N) is 2. The quantitative estimate of drug-likeness (QED) is 0.758. The summed E-state index contributed by atoms with van der Waals surface area (Å²) in [6.07, 6.45) is 0.0525. The molecule has 0 saturated carbocycles. The SMILES string of the molecule is CC(=O)Nc1ccc(CC(=O)N[C@H](C(=O)O)c2ccccc2)cc1. The van der Waals surface area contributed by atoms with Crippen LogP contribution in [0.15, 0.2) is 54.6 Å². The fourth-order valence-electron chi connectivity index (χ4n) is 2.24. The van der Waals surface area contributed by atoms with Crippen LogP contribution in [0.5, 0.6) is 0 Å². The zero-order valence-corrected chi connectivity index (χ0v) is 13.2. The van der Waals surface area contributed by atoms with Gasteiger partial charge in [0.2, 0.25) is 11.8 Å². The molecule has 2 aromatic rings. The molecule has 0 aliphatic rings. The highest BCUT2D eigenvalue weighted by Crippen LogP contribution is 2.14. The molecule has 0 heterocycles. The molecule has 0 aliphatic heterocycles. The Hall–Kier alpha value is -3.15. The molecular formula is C18H18N2O4. The Balaban J connectivity index is 2.01. The van der Waals surface area contributed by atoms with Gasteiger partial charge in [0.25, 0.3) is 0 Å². The molecule has 2 rings (SSSR count). The molecule has 0 spiro atoms. The maximum Gasteiger partial charge on any atom is 0.330 e. The Kier molecular flexibility index (Phi) is 5.68. The largest absolute Gasteiger partial charge is 0.479 e. The first-order valence-electron chi connectivity index (χ1n) is 7.39. The topological polar surface area (TPSA) is 95.5 Å². The van der Waals surface area contributed by atoms with Crippen molar-refractivity contribution in [3.8, 4) is 0 Å². The zero-order valence-electron chi connectivity index (χ0n) is 13.2. The number of amides is 2. The summed E-state index contributed by atoms with van der Waals surface area (Å²) in [7, 11) is 0. The predicted octanol–water partition coefficient (Wildman–Crippen LogP) is 2.13. The lowest BCUT2D eigenvalue weighted by molar-refractivity contribution is -0.142. The van der Waals surface area contributed by atoms with Gasteiger partial charge >= 0.3 is 5.97 Å². The van der Waals surface area contributed by atoms with E-state index in [0.29, 0.717) is 11.3 Å². The van der Waals surface area contributed by atoms with Gasteiger partial charge in [0.15, 0.2) is 6.04 Å². The third-order valence-corrected chi connectivity index (χ3v) is 3.32. The predicted molar refractivity (Wildman–Crippen MR) is 89.4 cm³/mol. The van der Waals surface area contributed by atoms with Crippen molar-refractivity contribution in [3.05, 3.63) is 65.7 Å². The van der Waals surface area contributed by atoms with E-state index >= 15 is 0 Å². The van der Waals surface area contributed by atoms with Gasteiger partial charge in [0.1, 0.15) is 0 Å². The molecule has 0 fully saturated rings. The number of carbonyl (C=O) groups is 3. The third-order valence-electron chi connectivity index (χ3n) is 3.32. The molecular weight excluding hydrogens is 308 g/mol. The minimum Gasteiger partial charge on any atom is -0.479 e. The fourth-order valence-corrected chi connectivity index (χ4v) is 2.24. The molecule has 2 amide bonds. The Labute approximate surface area is 139 Å². The van der Waals surface area contributed by atoms with Gasteiger partial charge in [-0.15, -0.1) is 0 Å². The van der Waals surface area contributed by atoms with Crippen LogP contribution >= 0.6 is 0 Å². The molecule has 3 N–H and O–H groups in total. The van der Waals surface area contributed by atoms with E-state index in [0.717, 1.165) is 5.56 Å². The van der Waals surface area contributed by atoms with Gasteiger partial charge in [-0.25, -0.2) is 4.79 Å². The van der Waals surface area contributed by atoms with Gasteiger partial charge in [-0.05, 0) is 23.3 Å². The van der Waals surface area contributed by atoms with E-state index in [9.17, 15) is 19.5 Å². The van der Waals surface area contributed by atoms with E-state index in [1.54, 1.807) is 54.6 Å². The first-order valence-corrected chi connectivity index (χ1v) is 7.39. The van der Waals surface area contributed by atoms with Gasteiger partial charge in [-0.1, -0.05) is 42.5 Å². The van der Waals surface area contributed by atoms with Crippen LogP contribution in [0.2, 0.25) is 0 Å². The summed E-state index contributed by atoms with van der Waals surface area (Å²) in [6, 6.07) is 14.2. The van der Waals surface area contributed by atoms with E-state index in [-0.39, 0.29) is 12.3 Å². The van der Waals surface area contributed by atoms with Crippen molar-refractivity contribution in [2.45, 2.75) is 19.4 Å². The van der Waals surface area contributed by atoms with E-state index in [4.69, 9.17) is 0 Å². The molecule has 0 bridgehead atoms. The molecule has 0 saturated heterocycles. The van der Waals surface area contributed by atoms with E-state index in [1.807, 2.05) is 0 Å². The summed E-state index contributed by atoms with van der Waals surface area (Å²) in [4.78, 5) is 34.5. The number of hydrogen-bond donors (Lipinski definition) is 3. The van der Waals surface area contributed by atoms with E-state index in [2.05, 4.69) is 10.6 Å². The van der Waals surface area contributed by atoms with Crippen molar-refractivity contribution in [1.82, 2.24) is 5.32 Å². The Morgan fingerprint density at radius 1 is 1.00 bits per heavy atom. The lowest BCUT2D eigenvalue weighted by Gasteiger charge is -2.15. The second-order valence-corrected chi connectivity index (χ2v) is 5.30. The number of hydrogen-bond acceptors (Lipinski definition) is 3. The normalized spacial score (nSPS) is 11.4. The lowest BCUT2D eigenvalue weighted by Crippen LogP contribution is -2.34. The molecule has 0 unspecified atom stereocenters. The Morgan fingerprint density at radius 3 is 2.17 bits per heavy atom. The summed E-state index contributed by atoms with van der Waals surface area (Å²) >= 11 is 0. The number of carboxylic acid groups (broad SMARTS) is 1. The minimum atomic E-state index is -1.12. The molecule has 0 aromatic heterocycles. The number of benzene rings is 2. The van der Waals surface area contributed by atoms with Crippen molar-refractivity contribution >= 4 is 23.5 Å². The van der Waals surface area contributed by atoms with Crippen molar-refractivity contribution < 1.29 is 19.5 Å². The van der Waals surface area contributed by atoms with Crippen molar-refractivity contribution in [1.29, 1.82) is 0 Å². The van der Waals surface area contributed by atoms with Crippen LogP contribution < -0.4 is 10.6 Å². The first-order chi connectivity index (χ1) is 11.5. The van der Waals surface area contributed by atoms with Crippen molar-refractivity contribution in [3.63, 3.8) is 0 Å². The van der Waals surface area contributed by atoms with Crippen LogP contribution in [-0.4, -0.2) is 22.9 Å². The van der Waals surface area contributed by atoms with Crippen molar-refractivity contribution in [2.75, 3.05) is 5.32 Å². The van der Waals surface area contributed by atoms with Crippen LogP contribution in [0.4, 0.5) is 5.69 Å². The maximum atomic E-state index is 12.1. The average Bonchev–Trinajstić information content (AvgIpc) is 2.54. The second-order valence-electron chi connectivity index (χ2n) is 5.30. The smallest absolute Gasteiger partial charge is 0.330 e. The van der Waals surface area contributed by atoms with Crippen LogP contribution in [0.1, 0.15) is 24.1 Å². The second kappa shape index (κ2) is 7.92. The van der Waals surface area contributed by atoms with Gasteiger partial charge in [0.05, 0.1) is 6.42 Å². The third kappa shape index (κ3) is 4.95. The summed E-state index contributed by atoms with van der Waals surface area (Å²) in [5.41, 5.74) is 1.87. The maximum absolute atomic E-state index is 12.1. The van der Waals surface area contributed by atoms with Crippen LogP contribution in [0, 0.1) is 0 Å². The molecule has 6 heteroatoms. The molecule has 0 radical (unpaired) electrons. The van der Waals surface area contributed by atoms with Gasteiger partial charge < -0.3 is 15.7 Å². The minimum absolute atomic E-state index is 0.0525. The zero-order chi connectivity index (χ0) is 17.5. The highest BCUT2D eigenvalue weighted by molar-refractivity contribution is 5.89. The summed E-state index contributed by atoms with van der Waals surface area (Å²) in [5, 5.41) is 14.5. The molecule has 1 atom stereocenters. The molecule has 2 aromatic carbocycles. The van der Waals surface area contributed by atoms with Gasteiger partial charge in [-0.2, -0.15) is 0 Å². The van der Waals surface area contributed by atoms with E-state index in [1.165, 1.54) is 6.92 Å². The molecule has 124 valence electrons. The van der Waals surface area contributed by atoms with Crippen LogP contribution in [0.3, 0.4) is 0 Å². The van der Waals surface area contributed by atoms with Gasteiger partial charge in [-0.3, -0.25) is 9.59 Å². The molecule has 0 aliphatic carbocycles. The highest BCUT2D eigenvalue weighted by Gasteiger charge is 2.21. The number of carbonyl (C=O) groups excluding carboxylic acids is 2. The molecule has 6 nitrogen and oxygen atoms in total. The number of carboxylic acids is 1. The summed E-state index contributed by atoms with van der Waals surface area (Å²) < 4.78 is 0. The number of rotatable bonds is 6. The van der Waals surface area contributed by atoms with Crippen LogP contribution in [-0.2, 0) is 20.8 Å². The van der Waals surface area contributed by atoms with Gasteiger partial charge in [0, 0.05) is 12.6 Å². The number of anilines is 1. The highest BCUT2D eigenvalue weighted by atomic mass is 16.4. The summed E-state index contributed by atoms with van der Waals surface area (Å²) in [6.45, 7) is 1.41. The first kappa shape index (κ1) is 17.2. The van der Waals surface area contributed by atoms with Crippen LogP contribution in [0.25, 0.3) is 0 Å². The van der Waals surface area contributed by atoms with Crippen molar-refractivity contribution in [2.24, 2.45) is 0 Å². The average molecular weight is 326 g/mol. The Bertz CT molecular complexity index is 726. The molecule has 24 heavy (non-hydrogen) atoms. The standard InChI is InChI=1S/C18H18N2O4/c1-12(21)19-15-9-7-13(8-10-15)11-16(22)20-17(18(23)24)14-5-3-2-4-6-14/h2-10,17H,11H2,1H3,(H,19,21)(H,20,22)(H,23,24)/t17-/m0/s1. The monoisotopic (exact) mass is 326 g/mol. The Morgan fingerprint density at radius 2 is 1.62 bits per heavy atom.